The molecule has 1 aromatic rings. The molecule has 0 aliphatic rings. The van der Waals surface area contributed by atoms with Crippen LogP contribution < -0.4 is 5.73 Å². The zero-order valence-corrected chi connectivity index (χ0v) is 9.23. The lowest BCUT2D eigenvalue weighted by Crippen LogP contribution is -2.38. The molecule has 1 atom stereocenters. The second-order valence-electron chi connectivity index (χ2n) is 4.31. The molecule has 0 saturated carbocycles. The minimum Gasteiger partial charge on any atom is -0.327 e. The Morgan fingerprint density at radius 1 is 1.33 bits per heavy atom. The summed E-state index contributed by atoms with van der Waals surface area (Å²) in [5.41, 5.74) is 6.82. The Morgan fingerprint density at radius 2 is 1.80 bits per heavy atom. The SMILES string of the molecule is CC(N)C(C)(C)c1ccc([N+](=O)[O-])cc1. The van der Waals surface area contributed by atoms with Crippen LogP contribution in [-0.2, 0) is 5.41 Å². The molecule has 1 unspecified atom stereocenters. The van der Waals surface area contributed by atoms with E-state index in [9.17, 15) is 10.1 Å². The maximum Gasteiger partial charge on any atom is 0.269 e. The smallest absolute Gasteiger partial charge is 0.269 e. The second kappa shape index (κ2) is 3.98. The Hall–Kier alpha value is -1.42. The first-order valence-electron chi connectivity index (χ1n) is 4.86. The van der Waals surface area contributed by atoms with E-state index in [0.717, 1.165) is 5.56 Å². The van der Waals surface area contributed by atoms with Crippen LogP contribution in [-0.4, -0.2) is 11.0 Å². The Balaban J connectivity index is 3.04. The number of non-ortho nitro benzene ring substituents is 1. The molecule has 0 heterocycles. The van der Waals surface area contributed by atoms with Crippen molar-refractivity contribution in [1.29, 1.82) is 0 Å². The minimum atomic E-state index is -0.400. The van der Waals surface area contributed by atoms with E-state index in [2.05, 4.69) is 0 Å². The normalized spacial score (nSPS) is 13.6. The highest BCUT2D eigenvalue weighted by Gasteiger charge is 2.25. The number of nitro groups is 1. The lowest BCUT2D eigenvalue weighted by Gasteiger charge is -2.29. The second-order valence-corrected chi connectivity index (χ2v) is 4.31. The molecule has 1 aromatic carbocycles. The van der Waals surface area contributed by atoms with Crippen molar-refractivity contribution in [2.24, 2.45) is 5.73 Å². The number of hydrogen-bond acceptors (Lipinski definition) is 3. The van der Waals surface area contributed by atoms with Crippen LogP contribution in [0.2, 0.25) is 0 Å². The topological polar surface area (TPSA) is 69.2 Å². The molecule has 1 rings (SSSR count). The highest BCUT2D eigenvalue weighted by Crippen LogP contribution is 2.27. The summed E-state index contributed by atoms with van der Waals surface area (Å²) in [6.07, 6.45) is 0. The summed E-state index contributed by atoms with van der Waals surface area (Å²) < 4.78 is 0. The summed E-state index contributed by atoms with van der Waals surface area (Å²) in [7, 11) is 0. The lowest BCUT2D eigenvalue weighted by atomic mass is 9.79. The molecule has 0 aromatic heterocycles. The molecule has 0 aliphatic heterocycles. The van der Waals surface area contributed by atoms with Gasteiger partial charge in [0.1, 0.15) is 0 Å². The van der Waals surface area contributed by atoms with E-state index in [1.165, 1.54) is 12.1 Å². The predicted octanol–water partition coefficient (Wildman–Crippen LogP) is 2.22. The zero-order valence-electron chi connectivity index (χ0n) is 9.23. The van der Waals surface area contributed by atoms with Gasteiger partial charge in [-0.05, 0) is 12.5 Å². The van der Waals surface area contributed by atoms with Crippen LogP contribution in [0.1, 0.15) is 26.3 Å². The van der Waals surface area contributed by atoms with Crippen LogP contribution in [0.3, 0.4) is 0 Å². The van der Waals surface area contributed by atoms with E-state index in [4.69, 9.17) is 5.73 Å². The number of benzene rings is 1. The summed E-state index contributed by atoms with van der Waals surface area (Å²) in [5.74, 6) is 0. The average molecular weight is 208 g/mol. The quantitative estimate of drug-likeness (QED) is 0.611. The van der Waals surface area contributed by atoms with E-state index < -0.39 is 4.92 Å². The maximum atomic E-state index is 10.5. The predicted molar refractivity (Wildman–Crippen MR) is 59.8 cm³/mol. The van der Waals surface area contributed by atoms with Crippen molar-refractivity contribution in [2.75, 3.05) is 0 Å². The number of nitrogens with two attached hydrogens (primary N) is 1. The highest BCUT2D eigenvalue weighted by atomic mass is 16.6. The van der Waals surface area contributed by atoms with Gasteiger partial charge >= 0.3 is 0 Å². The summed E-state index contributed by atoms with van der Waals surface area (Å²) in [6.45, 7) is 5.99. The summed E-state index contributed by atoms with van der Waals surface area (Å²) >= 11 is 0. The number of nitro benzene ring substituents is 1. The molecular weight excluding hydrogens is 192 g/mol. The molecule has 0 bridgehead atoms. The van der Waals surface area contributed by atoms with E-state index in [0.29, 0.717) is 0 Å². The third-order valence-corrected chi connectivity index (χ3v) is 2.96. The third-order valence-electron chi connectivity index (χ3n) is 2.96. The van der Waals surface area contributed by atoms with Crippen molar-refractivity contribution >= 4 is 5.69 Å². The minimum absolute atomic E-state index is 0.000967. The fraction of sp³-hybridized carbons (Fsp3) is 0.455. The number of rotatable bonds is 3. The van der Waals surface area contributed by atoms with Crippen LogP contribution in [0.4, 0.5) is 5.69 Å². The van der Waals surface area contributed by atoms with Gasteiger partial charge in [-0.2, -0.15) is 0 Å². The largest absolute Gasteiger partial charge is 0.327 e. The molecule has 0 spiro atoms. The third kappa shape index (κ3) is 2.33. The van der Waals surface area contributed by atoms with Crippen LogP contribution >= 0.6 is 0 Å². The van der Waals surface area contributed by atoms with E-state index in [1.54, 1.807) is 12.1 Å². The molecule has 0 aliphatic carbocycles. The lowest BCUT2D eigenvalue weighted by molar-refractivity contribution is -0.384. The van der Waals surface area contributed by atoms with Gasteiger partial charge in [-0.15, -0.1) is 0 Å². The molecule has 0 saturated heterocycles. The van der Waals surface area contributed by atoms with Gasteiger partial charge in [0.2, 0.25) is 0 Å². The molecule has 2 N–H and O–H groups in total. The molecular formula is C11H16N2O2. The van der Waals surface area contributed by atoms with Crippen molar-refractivity contribution in [3.8, 4) is 0 Å². The van der Waals surface area contributed by atoms with Gasteiger partial charge in [0, 0.05) is 23.6 Å². The molecule has 0 amide bonds. The fourth-order valence-electron chi connectivity index (χ4n) is 1.28. The Kier molecular flexibility index (Phi) is 3.09. The van der Waals surface area contributed by atoms with Crippen LogP contribution in [0.15, 0.2) is 24.3 Å². The van der Waals surface area contributed by atoms with Gasteiger partial charge < -0.3 is 5.73 Å². The van der Waals surface area contributed by atoms with Gasteiger partial charge in [0.25, 0.3) is 5.69 Å². The number of hydrogen-bond donors (Lipinski definition) is 1. The Bertz CT molecular complexity index is 355. The van der Waals surface area contributed by atoms with Crippen molar-refractivity contribution < 1.29 is 4.92 Å². The molecule has 82 valence electrons. The monoisotopic (exact) mass is 208 g/mol. The van der Waals surface area contributed by atoms with Crippen LogP contribution in [0, 0.1) is 10.1 Å². The number of nitrogens with zero attached hydrogens (tertiary/aromatic N) is 1. The fourth-order valence-corrected chi connectivity index (χ4v) is 1.28. The standard InChI is InChI=1S/C11H16N2O2/c1-8(12)11(2,3)9-4-6-10(7-5-9)13(14)15/h4-8H,12H2,1-3H3. The van der Waals surface area contributed by atoms with Crippen molar-refractivity contribution in [2.45, 2.75) is 32.2 Å². The van der Waals surface area contributed by atoms with E-state index in [1.807, 2.05) is 20.8 Å². The van der Waals surface area contributed by atoms with Gasteiger partial charge in [-0.25, -0.2) is 0 Å². The van der Waals surface area contributed by atoms with Crippen molar-refractivity contribution in [1.82, 2.24) is 0 Å². The van der Waals surface area contributed by atoms with E-state index in [-0.39, 0.29) is 17.1 Å². The first-order valence-corrected chi connectivity index (χ1v) is 4.86. The van der Waals surface area contributed by atoms with Crippen molar-refractivity contribution in [3.05, 3.63) is 39.9 Å². The maximum absolute atomic E-state index is 10.5. The molecule has 0 radical (unpaired) electrons. The van der Waals surface area contributed by atoms with Gasteiger partial charge in [-0.3, -0.25) is 10.1 Å². The van der Waals surface area contributed by atoms with Gasteiger partial charge in [0.05, 0.1) is 4.92 Å². The first-order chi connectivity index (χ1) is 6.85. The summed E-state index contributed by atoms with van der Waals surface area (Å²) in [4.78, 5) is 10.1. The van der Waals surface area contributed by atoms with Gasteiger partial charge in [0.15, 0.2) is 0 Å². The van der Waals surface area contributed by atoms with Gasteiger partial charge in [-0.1, -0.05) is 26.0 Å². The zero-order chi connectivity index (χ0) is 11.6. The Labute approximate surface area is 89.2 Å². The Morgan fingerprint density at radius 3 is 2.13 bits per heavy atom. The first kappa shape index (κ1) is 11.7. The molecule has 0 fully saturated rings. The van der Waals surface area contributed by atoms with E-state index >= 15 is 0 Å². The van der Waals surface area contributed by atoms with Crippen molar-refractivity contribution in [3.63, 3.8) is 0 Å². The molecule has 15 heavy (non-hydrogen) atoms. The summed E-state index contributed by atoms with van der Waals surface area (Å²) in [5, 5.41) is 10.5. The highest BCUT2D eigenvalue weighted by molar-refractivity contribution is 5.36. The van der Waals surface area contributed by atoms with Crippen LogP contribution in [0.5, 0.6) is 0 Å². The molecule has 4 nitrogen and oxygen atoms in total. The van der Waals surface area contributed by atoms with Crippen LogP contribution in [0.25, 0.3) is 0 Å². The average Bonchev–Trinajstić information content (AvgIpc) is 2.17. The molecule has 4 heteroatoms. The summed E-state index contributed by atoms with van der Waals surface area (Å²) in [6, 6.07) is 6.56.